The summed E-state index contributed by atoms with van der Waals surface area (Å²) in [7, 11) is 0. The van der Waals surface area contributed by atoms with Crippen molar-refractivity contribution in [1.29, 1.82) is 0 Å². The van der Waals surface area contributed by atoms with E-state index in [1.165, 1.54) is 69.8 Å². The van der Waals surface area contributed by atoms with Crippen molar-refractivity contribution in [3.8, 4) is 0 Å². The third-order valence-corrected chi connectivity index (χ3v) is 11.1. The van der Waals surface area contributed by atoms with Crippen LogP contribution < -0.4 is 0 Å². The number of allylic oxidation sites excluding steroid dienone is 1. The van der Waals surface area contributed by atoms with Gasteiger partial charge in [0.2, 0.25) is 0 Å². The Bertz CT molecular complexity index is 735. The molecule has 4 aliphatic carbocycles. The van der Waals surface area contributed by atoms with Crippen LogP contribution in [0, 0.1) is 46.3 Å². The lowest BCUT2D eigenvalue weighted by Gasteiger charge is -2.59. The fourth-order valence-corrected chi connectivity index (χ4v) is 9.50. The minimum absolute atomic E-state index is 0.0310. The summed E-state index contributed by atoms with van der Waals surface area (Å²) < 4.78 is 5.71. The molecule has 0 spiro atoms. The normalized spacial score (nSPS) is 42.3. The molecule has 0 bridgehead atoms. The molecule has 2 heteroatoms. The van der Waals surface area contributed by atoms with E-state index in [9.17, 15) is 4.79 Å². The zero-order valence-corrected chi connectivity index (χ0v) is 22.1. The third kappa shape index (κ3) is 4.11. The molecule has 0 N–H and O–H groups in total. The number of rotatable bonds is 6. The van der Waals surface area contributed by atoms with E-state index in [4.69, 9.17) is 4.74 Å². The molecule has 4 rings (SSSR count). The molecule has 3 fully saturated rings. The quantitative estimate of drug-likeness (QED) is 0.305. The molecule has 0 saturated heterocycles. The first kappa shape index (κ1) is 24.3. The van der Waals surface area contributed by atoms with Crippen molar-refractivity contribution in [3.05, 3.63) is 11.1 Å². The van der Waals surface area contributed by atoms with Gasteiger partial charge in [0, 0.05) is 6.92 Å². The van der Waals surface area contributed by atoms with Crippen LogP contribution in [0.5, 0.6) is 0 Å². The predicted molar refractivity (Wildman–Crippen MR) is 133 cm³/mol. The lowest BCUT2D eigenvalue weighted by atomic mass is 9.46. The van der Waals surface area contributed by atoms with Crippen molar-refractivity contribution < 1.29 is 9.53 Å². The minimum Gasteiger partial charge on any atom is -0.458 e. The molecule has 0 aromatic heterocycles. The summed E-state index contributed by atoms with van der Waals surface area (Å²) >= 11 is 0. The van der Waals surface area contributed by atoms with Crippen LogP contribution in [0.4, 0.5) is 0 Å². The van der Waals surface area contributed by atoms with Crippen molar-refractivity contribution in [1.82, 2.24) is 0 Å². The van der Waals surface area contributed by atoms with E-state index in [-0.39, 0.29) is 12.1 Å². The summed E-state index contributed by atoms with van der Waals surface area (Å²) in [5, 5.41) is 0. The molecule has 0 unspecified atom stereocenters. The van der Waals surface area contributed by atoms with Gasteiger partial charge < -0.3 is 4.74 Å². The first-order chi connectivity index (χ1) is 15.1. The number of fused-ring (bicyclic) bond motifs is 5. The van der Waals surface area contributed by atoms with E-state index in [1.54, 1.807) is 12.5 Å². The van der Waals surface area contributed by atoms with Gasteiger partial charge in [-0.05, 0) is 110 Å². The van der Waals surface area contributed by atoms with Gasteiger partial charge >= 0.3 is 5.97 Å². The first-order valence-electron chi connectivity index (χ1n) is 13.9. The third-order valence-electron chi connectivity index (χ3n) is 11.1. The first-order valence-corrected chi connectivity index (χ1v) is 13.9. The van der Waals surface area contributed by atoms with E-state index >= 15 is 0 Å². The van der Waals surface area contributed by atoms with Crippen molar-refractivity contribution in [2.45, 2.75) is 125 Å². The molecule has 8 atom stereocenters. The van der Waals surface area contributed by atoms with Gasteiger partial charge in [-0.1, -0.05) is 59.5 Å². The standard InChI is InChI=1S/C30H50O2/c1-19(2)9-8-10-20(3)24-13-14-26-23-11-12-25-21(4)28(32-22(5)31)16-18-30(25,7)27(23)15-17-29(24,26)6/h19-20,23-24,26-28H,8-18H2,1-7H3/t20-,23-,24+,26-,27-,28-,29+,30-/m0/s1. The van der Waals surface area contributed by atoms with Crippen LogP contribution in [0.25, 0.3) is 0 Å². The van der Waals surface area contributed by atoms with Crippen LogP contribution in [0.2, 0.25) is 0 Å². The maximum atomic E-state index is 11.6. The molecule has 32 heavy (non-hydrogen) atoms. The fraction of sp³-hybridized carbons (Fsp3) is 0.900. The van der Waals surface area contributed by atoms with Gasteiger partial charge in [-0.25, -0.2) is 0 Å². The number of esters is 1. The largest absolute Gasteiger partial charge is 0.458 e. The highest BCUT2D eigenvalue weighted by atomic mass is 16.5. The Morgan fingerprint density at radius 2 is 1.75 bits per heavy atom. The molecule has 0 aliphatic heterocycles. The van der Waals surface area contributed by atoms with Gasteiger partial charge in [0.05, 0.1) is 0 Å². The molecular weight excluding hydrogens is 392 g/mol. The average Bonchev–Trinajstić information content (AvgIpc) is 3.07. The van der Waals surface area contributed by atoms with Crippen LogP contribution in [0.1, 0.15) is 119 Å². The number of hydrogen-bond acceptors (Lipinski definition) is 2. The van der Waals surface area contributed by atoms with Crippen LogP contribution in [-0.2, 0) is 9.53 Å². The van der Waals surface area contributed by atoms with Gasteiger partial charge in [0.1, 0.15) is 6.10 Å². The molecular formula is C30H50O2. The molecule has 2 nitrogen and oxygen atoms in total. The van der Waals surface area contributed by atoms with Gasteiger partial charge in [0.15, 0.2) is 0 Å². The van der Waals surface area contributed by atoms with Crippen molar-refractivity contribution in [2.24, 2.45) is 46.3 Å². The molecule has 0 heterocycles. The molecule has 4 aliphatic rings. The zero-order chi connectivity index (χ0) is 23.3. The predicted octanol–water partition coefficient (Wildman–Crippen LogP) is 8.35. The summed E-state index contributed by atoms with van der Waals surface area (Å²) in [5.41, 5.74) is 3.96. The lowest BCUT2D eigenvalue weighted by Crippen LogP contribution is -2.51. The van der Waals surface area contributed by atoms with Crippen molar-refractivity contribution in [3.63, 3.8) is 0 Å². The second-order valence-electron chi connectivity index (χ2n) is 13.2. The molecule has 0 aromatic rings. The maximum Gasteiger partial charge on any atom is 0.303 e. The highest BCUT2D eigenvalue weighted by Crippen LogP contribution is 2.68. The van der Waals surface area contributed by atoms with Crippen LogP contribution >= 0.6 is 0 Å². The molecule has 3 saturated carbocycles. The Morgan fingerprint density at radius 3 is 2.44 bits per heavy atom. The molecule has 0 amide bonds. The molecule has 0 radical (unpaired) electrons. The van der Waals surface area contributed by atoms with Crippen LogP contribution in [0.15, 0.2) is 11.1 Å². The van der Waals surface area contributed by atoms with Crippen molar-refractivity contribution in [2.75, 3.05) is 0 Å². The second kappa shape index (κ2) is 9.10. The molecule has 0 aromatic carbocycles. The summed E-state index contributed by atoms with van der Waals surface area (Å²) in [6.45, 7) is 16.4. The summed E-state index contributed by atoms with van der Waals surface area (Å²) in [4.78, 5) is 11.6. The monoisotopic (exact) mass is 442 g/mol. The SMILES string of the molecule is CC(=O)O[C@H]1CC[C@@]2(C)C(=C1C)CC[C@H]1[C@@H]3CC[C@H]([C@@H](C)CCCC(C)C)[C@@]3(C)CC[C@@H]12. The van der Waals surface area contributed by atoms with Gasteiger partial charge in [-0.2, -0.15) is 0 Å². The maximum absolute atomic E-state index is 11.6. The minimum atomic E-state index is -0.125. The number of carbonyl (C=O) groups excluding carboxylic acids is 1. The zero-order valence-electron chi connectivity index (χ0n) is 22.1. The van der Waals surface area contributed by atoms with E-state index in [1.807, 2.05) is 0 Å². The Morgan fingerprint density at radius 1 is 1.00 bits per heavy atom. The Balaban J connectivity index is 1.50. The van der Waals surface area contributed by atoms with Crippen LogP contribution in [0.3, 0.4) is 0 Å². The Labute approximate surface area is 198 Å². The van der Waals surface area contributed by atoms with E-state index in [0.29, 0.717) is 10.8 Å². The van der Waals surface area contributed by atoms with Crippen molar-refractivity contribution >= 4 is 5.97 Å². The van der Waals surface area contributed by atoms with E-state index in [0.717, 1.165) is 41.9 Å². The highest BCUT2D eigenvalue weighted by molar-refractivity contribution is 5.66. The van der Waals surface area contributed by atoms with Gasteiger partial charge in [0.25, 0.3) is 0 Å². The topological polar surface area (TPSA) is 26.3 Å². The average molecular weight is 443 g/mol. The second-order valence-corrected chi connectivity index (χ2v) is 13.2. The summed E-state index contributed by atoms with van der Waals surface area (Å²) in [5.74, 6) is 5.22. The lowest BCUT2D eigenvalue weighted by molar-refractivity contribution is -0.146. The fourth-order valence-electron chi connectivity index (χ4n) is 9.50. The Hall–Kier alpha value is -0.790. The number of hydrogen-bond donors (Lipinski definition) is 0. The number of carbonyl (C=O) groups is 1. The van der Waals surface area contributed by atoms with Gasteiger partial charge in [-0.3, -0.25) is 4.79 Å². The molecule has 182 valence electrons. The summed E-state index contributed by atoms with van der Waals surface area (Å²) in [6.07, 6.45) is 14.9. The van der Waals surface area contributed by atoms with Gasteiger partial charge in [-0.15, -0.1) is 0 Å². The van der Waals surface area contributed by atoms with E-state index in [2.05, 4.69) is 41.5 Å². The van der Waals surface area contributed by atoms with E-state index < -0.39 is 0 Å². The summed E-state index contributed by atoms with van der Waals surface area (Å²) in [6, 6.07) is 0. The number of ether oxygens (including phenoxy) is 1. The smallest absolute Gasteiger partial charge is 0.303 e. The van der Waals surface area contributed by atoms with Crippen LogP contribution in [-0.4, -0.2) is 12.1 Å². The highest BCUT2D eigenvalue weighted by Gasteiger charge is 2.59. The Kier molecular flexibility index (Phi) is 6.92.